The number of H-pyrrole nitrogens is 1. The van der Waals surface area contributed by atoms with E-state index >= 15 is 0 Å². The molecule has 9 heteroatoms. The van der Waals surface area contributed by atoms with Gasteiger partial charge in [0, 0.05) is 22.1 Å². The summed E-state index contributed by atoms with van der Waals surface area (Å²) in [6.45, 7) is 7.70. The molecule has 0 bridgehead atoms. The third-order valence-corrected chi connectivity index (χ3v) is 5.78. The van der Waals surface area contributed by atoms with Crippen LogP contribution in [0.4, 0.5) is 13.2 Å². The first kappa shape index (κ1) is 23.3. The lowest BCUT2D eigenvalue weighted by Gasteiger charge is -2.17. The monoisotopic (exact) mass is 496 g/mol. The number of amides is 1. The fourth-order valence-corrected chi connectivity index (χ4v) is 3.87. The number of hydrogen-bond donors (Lipinski definition) is 2. The van der Waals surface area contributed by atoms with Crippen LogP contribution in [0, 0.1) is 0 Å². The normalized spacial score (nSPS) is 12.0. The highest BCUT2D eigenvalue weighted by Crippen LogP contribution is 2.33. The number of imidazole rings is 1. The number of alkyl halides is 3. The van der Waals surface area contributed by atoms with Crippen molar-refractivity contribution in [2.24, 2.45) is 0 Å². The number of hydrogen-bond acceptors (Lipinski definition) is 3. The molecule has 31 heavy (non-hydrogen) atoms. The van der Waals surface area contributed by atoms with Gasteiger partial charge < -0.3 is 15.2 Å². The number of halogens is 4. The molecule has 3 aromatic rings. The van der Waals surface area contributed by atoms with Crippen molar-refractivity contribution in [1.82, 2.24) is 20.2 Å². The summed E-state index contributed by atoms with van der Waals surface area (Å²) >= 11 is 3.45. The van der Waals surface area contributed by atoms with Gasteiger partial charge in [-0.2, -0.15) is 13.2 Å². The Morgan fingerprint density at radius 1 is 1.16 bits per heavy atom. The summed E-state index contributed by atoms with van der Waals surface area (Å²) in [6.07, 6.45) is -3.55. The Kier molecular flexibility index (Phi) is 7.38. The van der Waals surface area contributed by atoms with Crippen molar-refractivity contribution < 1.29 is 18.0 Å². The van der Waals surface area contributed by atoms with Gasteiger partial charge in [0.15, 0.2) is 0 Å². The number of aromatic amines is 1. The lowest BCUT2D eigenvalue weighted by atomic mass is 10.1. The van der Waals surface area contributed by atoms with Gasteiger partial charge in [0.05, 0.1) is 16.6 Å². The molecule has 0 radical (unpaired) electrons. The Labute approximate surface area is 187 Å². The van der Waals surface area contributed by atoms with Gasteiger partial charge in [-0.25, -0.2) is 4.98 Å². The number of nitrogens with zero attached hydrogens (tertiary/aromatic N) is 2. The van der Waals surface area contributed by atoms with E-state index in [-0.39, 0.29) is 5.91 Å². The summed E-state index contributed by atoms with van der Waals surface area (Å²) in [7, 11) is 0. The van der Waals surface area contributed by atoms with Crippen molar-refractivity contribution >= 4 is 32.9 Å². The predicted octanol–water partition coefficient (Wildman–Crippen LogP) is 5.47. The maximum atomic E-state index is 12.9. The molecule has 0 unspecified atom stereocenters. The van der Waals surface area contributed by atoms with E-state index in [0.29, 0.717) is 39.0 Å². The van der Waals surface area contributed by atoms with Crippen LogP contribution < -0.4 is 5.32 Å². The zero-order chi connectivity index (χ0) is 22.6. The van der Waals surface area contributed by atoms with E-state index in [1.807, 2.05) is 0 Å². The molecule has 5 nitrogen and oxygen atoms in total. The van der Waals surface area contributed by atoms with Crippen LogP contribution in [-0.4, -0.2) is 47.0 Å². The van der Waals surface area contributed by atoms with E-state index in [1.165, 1.54) is 6.07 Å². The topological polar surface area (TPSA) is 61.0 Å². The zero-order valence-corrected chi connectivity index (χ0v) is 18.9. The molecule has 166 valence electrons. The molecule has 1 heterocycles. The minimum atomic E-state index is -4.42. The summed E-state index contributed by atoms with van der Waals surface area (Å²) in [4.78, 5) is 22.0. The first-order chi connectivity index (χ1) is 14.7. The summed E-state index contributed by atoms with van der Waals surface area (Å²) in [5.41, 5.74) is 1.15. The van der Waals surface area contributed by atoms with Crippen LogP contribution in [0.15, 0.2) is 40.9 Å². The standard InChI is InChI=1S/C22H24BrF3N4O/c1-3-30(4-2)11-5-10-27-21(31)14-6-8-16(17(23)12-14)20-28-18-9-7-15(22(24,25)26)13-19(18)29-20/h6-9,12-13H,3-5,10-11H2,1-2H3,(H,27,31)(H,28,29). The van der Waals surface area contributed by atoms with E-state index < -0.39 is 11.7 Å². The lowest BCUT2D eigenvalue weighted by Crippen LogP contribution is -2.29. The minimum Gasteiger partial charge on any atom is -0.352 e. The van der Waals surface area contributed by atoms with E-state index in [1.54, 1.807) is 18.2 Å². The first-order valence-corrected chi connectivity index (χ1v) is 10.9. The van der Waals surface area contributed by atoms with E-state index in [9.17, 15) is 18.0 Å². The zero-order valence-electron chi connectivity index (χ0n) is 17.3. The Bertz CT molecular complexity index is 1060. The van der Waals surface area contributed by atoms with Crippen molar-refractivity contribution in [3.63, 3.8) is 0 Å². The number of benzene rings is 2. The van der Waals surface area contributed by atoms with E-state index in [4.69, 9.17) is 0 Å². The van der Waals surface area contributed by atoms with Crippen LogP contribution in [0.1, 0.15) is 36.2 Å². The second-order valence-corrected chi connectivity index (χ2v) is 8.00. The SMILES string of the molecule is CCN(CC)CCCNC(=O)c1ccc(-c2nc3ccc(C(F)(F)F)cc3[nH]2)c(Br)c1. The maximum Gasteiger partial charge on any atom is 0.416 e. The highest BCUT2D eigenvalue weighted by atomic mass is 79.9. The maximum absolute atomic E-state index is 12.9. The van der Waals surface area contributed by atoms with Crippen molar-refractivity contribution in [3.8, 4) is 11.4 Å². The second kappa shape index (κ2) is 9.82. The largest absolute Gasteiger partial charge is 0.416 e. The van der Waals surface area contributed by atoms with Gasteiger partial charge >= 0.3 is 6.18 Å². The molecule has 0 atom stereocenters. The number of aromatic nitrogens is 2. The van der Waals surface area contributed by atoms with Gasteiger partial charge in [0.1, 0.15) is 5.82 Å². The van der Waals surface area contributed by atoms with Crippen molar-refractivity contribution in [1.29, 1.82) is 0 Å². The van der Waals surface area contributed by atoms with E-state index in [0.717, 1.165) is 38.2 Å². The van der Waals surface area contributed by atoms with Gasteiger partial charge in [-0.3, -0.25) is 4.79 Å². The smallest absolute Gasteiger partial charge is 0.352 e. The first-order valence-electron chi connectivity index (χ1n) is 10.1. The van der Waals surface area contributed by atoms with Gasteiger partial charge in [0.25, 0.3) is 5.91 Å². The number of carbonyl (C=O) groups excluding carboxylic acids is 1. The molecular formula is C22H24BrF3N4O. The second-order valence-electron chi connectivity index (χ2n) is 7.15. The highest BCUT2D eigenvalue weighted by Gasteiger charge is 2.30. The van der Waals surface area contributed by atoms with Gasteiger partial charge in [-0.15, -0.1) is 0 Å². The lowest BCUT2D eigenvalue weighted by molar-refractivity contribution is -0.137. The third kappa shape index (κ3) is 5.65. The van der Waals surface area contributed by atoms with Crippen LogP contribution in [0.3, 0.4) is 0 Å². The summed E-state index contributed by atoms with van der Waals surface area (Å²) < 4.78 is 39.4. The number of rotatable bonds is 8. The van der Waals surface area contributed by atoms with Crippen LogP contribution in [0.5, 0.6) is 0 Å². The molecule has 0 fully saturated rings. The number of fused-ring (bicyclic) bond motifs is 1. The average Bonchev–Trinajstić information content (AvgIpc) is 3.16. The summed E-state index contributed by atoms with van der Waals surface area (Å²) in [5, 5.41) is 2.91. The van der Waals surface area contributed by atoms with Crippen LogP contribution in [-0.2, 0) is 6.18 Å². The fraction of sp³-hybridized carbons (Fsp3) is 0.364. The predicted molar refractivity (Wildman–Crippen MR) is 119 cm³/mol. The molecule has 1 amide bonds. The highest BCUT2D eigenvalue weighted by molar-refractivity contribution is 9.10. The molecule has 1 aromatic heterocycles. The molecular weight excluding hydrogens is 473 g/mol. The third-order valence-electron chi connectivity index (χ3n) is 5.13. The molecule has 0 saturated carbocycles. The minimum absolute atomic E-state index is 0.175. The molecule has 0 aliphatic rings. The molecule has 3 rings (SSSR count). The van der Waals surface area contributed by atoms with Gasteiger partial charge in [-0.1, -0.05) is 29.8 Å². The quantitative estimate of drug-likeness (QED) is 0.406. The number of carbonyl (C=O) groups is 1. The Morgan fingerprint density at radius 2 is 1.90 bits per heavy atom. The van der Waals surface area contributed by atoms with Crippen molar-refractivity contribution in [3.05, 3.63) is 52.0 Å². The molecule has 2 N–H and O–H groups in total. The van der Waals surface area contributed by atoms with Crippen molar-refractivity contribution in [2.45, 2.75) is 26.4 Å². The number of nitrogens with one attached hydrogen (secondary N) is 2. The molecule has 0 aliphatic heterocycles. The molecule has 0 spiro atoms. The van der Waals surface area contributed by atoms with Crippen LogP contribution in [0.25, 0.3) is 22.4 Å². The van der Waals surface area contributed by atoms with E-state index in [2.05, 4.69) is 50.0 Å². The average molecular weight is 497 g/mol. The Balaban J connectivity index is 1.71. The van der Waals surface area contributed by atoms with Crippen LogP contribution in [0.2, 0.25) is 0 Å². The fourth-order valence-electron chi connectivity index (χ4n) is 3.31. The van der Waals surface area contributed by atoms with Gasteiger partial charge in [0.2, 0.25) is 0 Å². The molecule has 0 aliphatic carbocycles. The molecule has 0 saturated heterocycles. The molecule has 2 aromatic carbocycles. The van der Waals surface area contributed by atoms with Gasteiger partial charge in [-0.05, 0) is 62.5 Å². The van der Waals surface area contributed by atoms with Crippen LogP contribution >= 0.6 is 15.9 Å². The Hall–Kier alpha value is -2.39. The summed E-state index contributed by atoms with van der Waals surface area (Å²) in [6, 6.07) is 8.47. The Morgan fingerprint density at radius 3 is 2.55 bits per heavy atom. The van der Waals surface area contributed by atoms with Crippen molar-refractivity contribution in [2.75, 3.05) is 26.2 Å². The summed E-state index contributed by atoms with van der Waals surface area (Å²) in [5.74, 6) is 0.249.